The van der Waals surface area contributed by atoms with Gasteiger partial charge >= 0.3 is 6.09 Å². The number of fused-ring (bicyclic) bond motifs is 1. The molecule has 3 saturated heterocycles. The summed E-state index contributed by atoms with van der Waals surface area (Å²) in [5.41, 5.74) is 3.35. The van der Waals surface area contributed by atoms with E-state index >= 15 is 0 Å². The number of alkyl carbamates (subject to hydrolysis) is 1. The van der Waals surface area contributed by atoms with Gasteiger partial charge in [-0.25, -0.2) is 9.80 Å². The number of nitrogens with one attached hydrogen (secondary N) is 3. The van der Waals surface area contributed by atoms with Gasteiger partial charge in [0.2, 0.25) is 11.8 Å². The largest absolute Gasteiger partial charge is 0.447 e. The van der Waals surface area contributed by atoms with E-state index in [0.717, 1.165) is 38.1 Å². The van der Waals surface area contributed by atoms with Gasteiger partial charge in [0.1, 0.15) is 0 Å². The topological polar surface area (TPSA) is 99.8 Å². The first-order valence-electron chi connectivity index (χ1n) is 9.37. The average Bonchev–Trinajstić information content (AvgIpc) is 3.21. The van der Waals surface area contributed by atoms with Gasteiger partial charge < -0.3 is 10.1 Å². The Morgan fingerprint density at radius 2 is 2.00 bits per heavy atom. The fourth-order valence-electron chi connectivity index (χ4n) is 3.84. The SMILES string of the molecule is CC(C)OC(=O)NC(=O)C1CCSC1NC(=O)C1CCN2NCCC2C1. The highest BCUT2D eigenvalue weighted by molar-refractivity contribution is 8.00. The third kappa shape index (κ3) is 4.69. The Morgan fingerprint density at radius 3 is 2.77 bits per heavy atom. The molecule has 3 amide bonds. The first-order valence-corrected chi connectivity index (χ1v) is 10.4. The number of hydrogen-bond acceptors (Lipinski definition) is 7. The molecule has 0 aromatic heterocycles. The number of rotatable bonds is 4. The molecule has 8 nitrogen and oxygen atoms in total. The van der Waals surface area contributed by atoms with Crippen LogP contribution >= 0.6 is 11.8 Å². The molecule has 0 bridgehead atoms. The molecule has 4 atom stereocenters. The van der Waals surface area contributed by atoms with Gasteiger partial charge in [-0.1, -0.05) is 0 Å². The zero-order chi connectivity index (χ0) is 18.7. The number of carbonyl (C=O) groups excluding carboxylic acids is 3. The standard InChI is InChI=1S/C17H28N4O4S/c1-10(2)25-17(24)20-15(23)13-5-8-26-16(13)19-14(22)11-4-7-21-12(9-11)3-6-18-21/h10-13,16,18H,3-9H2,1-2H3,(H,19,22)(H,20,23,24). The van der Waals surface area contributed by atoms with E-state index in [9.17, 15) is 14.4 Å². The number of hydrogen-bond donors (Lipinski definition) is 3. The predicted molar refractivity (Wildman–Crippen MR) is 98.1 cm³/mol. The molecule has 3 aliphatic heterocycles. The monoisotopic (exact) mass is 384 g/mol. The Bertz CT molecular complexity index is 559. The zero-order valence-electron chi connectivity index (χ0n) is 15.3. The normalized spacial score (nSPS) is 31.5. The predicted octanol–water partition coefficient (Wildman–Crippen LogP) is 0.832. The third-order valence-corrected chi connectivity index (χ3v) is 6.44. The van der Waals surface area contributed by atoms with E-state index in [2.05, 4.69) is 21.1 Å². The van der Waals surface area contributed by atoms with Crippen molar-refractivity contribution in [1.29, 1.82) is 0 Å². The van der Waals surface area contributed by atoms with E-state index in [4.69, 9.17) is 4.74 Å². The van der Waals surface area contributed by atoms with Gasteiger partial charge in [-0.15, -0.1) is 11.8 Å². The Kier molecular flexibility index (Phi) is 6.42. The Labute approximate surface area is 158 Å². The van der Waals surface area contributed by atoms with E-state index < -0.39 is 12.0 Å². The van der Waals surface area contributed by atoms with Crippen molar-refractivity contribution in [3.63, 3.8) is 0 Å². The number of piperidine rings is 1. The smallest absolute Gasteiger partial charge is 0.414 e. The van der Waals surface area contributed by atoms with Crippen molar-refractivity contribution in [3.05, 3.63) is 0 Å². The van der Waals surface area contributed by atoms with Crippen molar-refractivity contribution in [2.45, 2.75) is 57.1 Å². The number of carbonyl (C=O) groups is 3. The van der Waals surface area contributed by atoms with Crippen LogP contribution in [0.1, 0.15) is 39.5 Å². The minimum atomic E-state index is -0.729. The van der Waals surface area contributed by atoms with Crippen molar-refractivity contribution in [2.75, 3.05) is 18.8 Å². The van der Waals surface area contributed by atoms with Gasteiger partial charge in [-0.2, -0.15) is 0 Å². The number of thioether (sulfide) groups is 1. The number of amides is 3. The van der Waals surface area contributed by atoms with E-state index in [1.165, 1.54) is 0 Å². The van der Waals surface area contributed by atoms with Crippen molar-refractivity contribution < 1.29 is 19.1 Å². The molecule has 0 aliphatic carbocycles. The van der Waals surface area contributed by atoms with Gasteiger partial charge in [-0.05, 0) is 45.3 Å². The van der Waals surface area contributed by atoms with E-state index in [-0.39, 0.29) is 29.2 Å². The van der Waals surface area contributed by atoms with Crippen molar-refractivity contribution in [1.82, 2.24) is 21.1 Å². The summed E-state index contributed by atoms with van der Waals surface area (Å²) in [7, 11) is 0. The summed E-state index contributed by atoms with van der Waals surface area (Å²) in [5, 5.41) is 7.29. The Hall–Kier alpha value is -1.32. The van der Waals surface area contributed by atoms with Gasteiger partial charge in [-0.3, -0.25) is 20.3 Å². The van der Waals surface area contributed by atoms with Crippen LogP contribution < -0.4 is 16.1 Å². The third-order valence-electron chi connectivity index (χ3n) is 5.16. The molecule has 9 heteroatoms. The molecular weight excluding hydrogens is 356 g/mol. The highest BCUT2D eigenvalue weighted by Gasteiger charge is 2.39. The minimum Gasteiger partial charge on any atom is -0.447 e. The van der Waals surface area contributed by atoms with Crippen LogP contribution in [0.3, 0.4) is 0 Å². The second-order valence-electron chi connectivity index (χ2n) is 7.40. The molecule has 0 saturated carbocycles. The van der Waals surface area contributed by atoms with Crippen LogP contribution in [-0.4, -0.2) is 59.3 Å². The molecule has 0 radical (unpaired) electrons. The molecule has 146 valence electrons. The fourth-order valence-corrected chi connectivity index (χ4v) is 5.18. The van der Waals surface area contributed by atoms with Crippen LogP contribution in [0.5, 0.6) is 0 Å². The molecule has 3 fully saturated rings. The summed E-state index contributed by atoms with van der Waals surface area (Å²) in [4.78, 5) is 36.7. The first-order chi connectivity index (χ1) is 12.4. The van der Waals surface area contributed by atoms with E-state index in [1.54, 1.807) is 25.6 Å². The summed E-state index contributed by atoms with van der Waals surface area (Å²) in [6.45, 7) is 5.31. The molecule has 4 unspecified atom stereocenters. The Morgan fingerprint density at radius 1 is 1.19 bits per heavy atom. The molecule has 3 N–H and O–H groups in total. The van der Waals surface area contributed by atoms with Crippen molar-refractivity contribution in [3.8, 4) is 0 Å². The van der Waals surface area contributed by atoms with Crippen LogP contribution in [0.2, 0.25) is 0 Å². The maximum atomic E-state index is 12.7. The molecule has 3 heterocycles. The fraction of sp³-hybridized carbons (Fsp3) is 0.824. The lowest BCUT2D eigenvalue weighted by Crippen LogP contribution is -2.50. The summed E-state index contributed by atoms with van der Waals surface area (Å²) in [5.74, 6) is 0.0240. The molecule has 0 aromatic carbocycles. The molecule has 3 aliphatic rings. The first kappa shape index (κ1) is 19.4. The zero-order valence-corrected chi connectivity index (χ0v) is 16.1. The van der Waals surface area contributed by atoms with Crippen molar-refractivity contribution >= 4 is 29.7 Å². The van der Waals surface area contributed by atoms with E-state index in [1.807, 2.05) is 0 Å². The lowest BCUT2D eigenvalue weighted by Gasteiger charge is -2.34. The van der Waals surface area contributed by atoms with Crippen LogP contribution in [-0.2, 0) is 14.3 Å². The van der Waals surface area contributed by atoms with Gasteiger partial charge in [0.05, 0.1) is 17.4 Å². The number of imide groups is 1. The molecule has 0 aromatic rings. The summed E-state index contributed by atoms with van der Waals surface area (Å²) >= 11 is 1.56. The maximum Gasteiger partial charge on any atom is 0.414 e. The maximum absolute atomic E-state index is 12.7. The average molecular weight is 385 g/mol. The highest BCUT2D eigenvalue weighted by atomic mass is 32.2. The summed E-state index contributed by atoms with van der Waals surface area (Å²) in [6.07, 6.45) is 2.38. The van der Waals surface area contributed by atoms with Crippen LogP contribution in [0.25, 0.3) is 0 Å². The van der Waals surface area contributed by atoms with Crippen molar-refractivity contribution in [2.24, 2.45) is 11.8 Å². The molecule has 3 rings (SSSR count). The number of nitrogens with zero attached hydrogens (tertiary/aromatic N) is 1. The quantitative estimate of drug-likeness (QED) is 0.660. The van der Waals surface area contributed by atoms with Gasteiger partial charge in [0.25, 0.3) is 0 Å². The Balaban J connectivity index is 1.50. The van der Waals surface area contributed by atoms with Crippen LogP contribution in [0.4, 0.5) is 4.79 Å². The second-order valence-corrected chi connectivity index (χ2v) is 8.65. The lowest BCUT2D eigenvalue weighted by atomic mass is 9.90. The van der Waals surface area contributed by atoms with Crippen LogP contribution in [0, 0.1) is 11.8 Å². The minimum absolute atomic E-state index is 0.00744. The second kappa shape index (κ2) is 8.58. The van der Waals surface area contributed by atoms with Gasteiger partial charge in [0, 0.05) is 25.0 Å². The van der Waals surface area contributed by atoms with E-state index in [0.29, 0.717) is 12.5 Å². The molecule has 0 spiro atoms. The van der Waals surface area contributed by atoms with Crippen LogP contribution in [0.15, 0.2) is 0 Å². The summed E-state index contributed by atoms with van der Waals surface area (Å²) < 4.78 is 4.96. The number of hydrazine groups is 1. The summed E-state index contributed by atoms with van der Waals surface area (Å²) in [6, 6.07) is 0.431. The number of ether oxygens (including phenoxy) is 1. The highest BCUT2D eigenvalue weighted by Crippen LogP contribution is 2.32. The molecular formula is C17H28N4O4S. The lowest BCUT2D eigenvalue weighted by molar-refractivity contribution is -0.128. The van der Waals surface area contributed by atoms with Gasteiger partial charge in [0.15, 0.2) is 0 Å². The molecule has 26 heavy (non-hydrogen) atoms.